The Bertz CT molecular complexity index is 940. The van der Waals surface area contributed by atoms with Crippen LogP contribution in [0.5, 0.6) is 0 Å². The van der Waals surface area contributed by atoms with E-state index in [4.69, 9.17) is 0 Å². The minimum atomic E-state index is -0.245. The van der Waals surface area contributed by atoms with Crippen LogP contribution in [0.3, 0.4) is 0 Å². The van der Waals surface area contributed by atoms with Crippen molar-refractivity contribution in [1.29, 1.82) is 0 Å². The summed E-state index contributed by atoms with van der Waals surface area (Å²) in [4.78, 5) is 12.7. The van der Waals surface area contributed by atoms with Gasteiger partial charge in [-0.3, -0.25) is 9.56 Å². The molecule has 0 bridgehead atoms. The molecule has 1 aromatic carbocycles. The molecule has 0 aliphatic rings. The summed E-state index contributed by atoms with van der Waals surface area (Å²) >= 11 is 0. The van der Waals surface area contributed by atoms with E-state index in [0.717, 1.165) is 16.9 Å². The number of imidazole rings is 1. The van der Waals surface area contributed by atoms with E-state index < -0.39 is 0 Å². The van der Waals surface area contributed by atoms with Gasteiger partial charge in [-0.15, -0.1) is 24.0 Å². The van der Waals surface area contributed by atoms with Crippen LogP contribution in [-0.4, -0.2) is 34.1 Å². The largest absolute Gasteiger partial charge is 0.356 e. The molecule has 0 saturated heterocycles. The van der Waals surface area contributed by atoms with E-state index in [-0.39, 0.29) is 35.2 Å². The third-order valence-electron chi connectivity index (χ3n) is 4.57. The van der Waals surface area contributed by atoms with Crippen LogP contribution in [0.1, 0.15) is 25.0 Å². The first-order chi connectivity index (χ1) is 13.5. The summed E-state index contributed by atoms with van der Waals surface area (Å²) in [5.41, 5.74) is 1.77. The summed E-state index contributed by atoms with van der Waals surface area (Å²) in [6.45, 7) is 5.36. The number of aliphatic imine (C=N–C) groups is 1. The van der Waals surface area contributed by atoms with Gasteiger partial charge in [0.2, 0.25) is 0 Å². The summed E-state index contributed by atoms with van der Waals surface area (Å²) in [6, 6.07) is 10.7. The minimum absolute atomic E-state index is 0. The Morgan fingerprint density at radius 1 is 1.17 bits per heavy atom. The van der Waals surface area contributed by atoms with Gasteiger partial charge in [-0.1, -0.05) is 26.0 Å². The van der Waals surface area contributed by atoms with E-state index in [0.29, 0.717) is 19.0 Å². The topological polar surface area (TPSA) is 67.1 Å². The second kappa shape index (κ2) is 10.3. The summed E-state index contributed by atoms with van der Waals surface area (Å²) in [5.74, 6) is 1.27. The molecule has 0 saturated carbocycles. The Labute approximate surface area is 187 Å². The third kappa shape index (κ3) is 6.25. The molecular formula is C21H26FIN6. The average molecular weight is 508 g/mol. The highest BCUT2D eigenvalue weighted by Gasteiger charge is 2.21. The maximum Gasteiger partial charge on any atom is 0.191 e. The second-order valence-electron chi connectivity index (χ2n) is 7.17. The molecule has 8 heteroatoms. The smallest absolute Gasteiger partial charge is 0.191 e. The van der Waals surface area contributed by atoms with Gasteiger partial charge in [0, 0.05) is 44.1 Å². The van der Waals surface area contributed by atoms with Gasteiger partial charge in [-0.05, 0) is 35.4 Å². The number of nitrogens with one attached hydrogen (secondary N) is 2. The molecule has 0 aliphatic carbocycles. The number of hydrogen-bond donors (Lipinski definition) is 2. The first-order valence-electron chi connectivity index (χ1n) is 9.12. The molecule has 3 aromatic rings. The van der Waals surface area contributed by atoms with Gasteiger partial charge in [-0.2, -0.15) is 0 Å². The number of hydrogen-bond acceptors (Lipinski definition) is 3. The van der Waals surface area contributed by atoms with Gasteiger partial charge in [0.05, 0.1) is 0 Å². The van der Waals surface area contributed by atoms with Crippen LogP contribution in [0, 0.1) is 5.82 Å². The maximum absolute atomic E-state index is 13.5. The number of nitrogens with zero attached hydrogens (tertiary/aromatic N) is 4. The number of guanidine groups is 1. The van der Waals surface area contributed by atoms with Crippen molar-refractivity contribution in [2.45, 2.75) is 25.8 Å². The van der Waals surface area contributed by atoms with Crippen LogP contribution in [-0.2, 0) is 12.0 Å². The molecule has 2 aromatic heterocycles. The lowest BCUT2D eigenvalue weighted by molar-refractivity contribution is 0.503. The monoisotopic (exact) mass is 508 g/mol. The first kappa shape index (κ1) is 22.8. The van der Waals surface area contributed by atoms with Crippen LogP contribution in [0.15, 0.2) is 66.3 Å². The lowest BCUT2D eigenvalue weighted by atomic mass is 9.84. The van der Waals surface area contributed by atoms with Gasteiger partial charge in [0.25, 0.3) is 0 Å². The number of benzene rings is 1. The van der Waals surface area contributed by atoms with E-state index in [1.54, 1.807) is 37.9 Å². The van der Waals surface area contributed by atoms with Gasteiger partial charge < -0.3 is 10.6 Å². The standard InChI is InChI=1S/C21H25FN6.HI/c1-21(2,17-5-4-6-18(22)12-17)14-27-20(23-3)26-13-16-7-8-25-19(11-16)28-10-9-24-15-28;/h4-12,15H,13-14H2,1-3H3,(H2,23,26,27);1H. The summed E-state index contributed by atoms with van der Waals surface area (Å²) in [6.07, 6.45) is 7.07. The van der Waals surface area contributed by atoms with Gasteiger partial charge in [0.1, 0.15) is 18.0 Å². The highest BCUT2D eigenvalue weighted by molar-refractivity contribution is 14.0. The molecule has 0 spiro atoms. The van der Waals surface area contributed by atoms with Crippen molar-refractivity contribution in [3.8, 4) is 5.82 Å². The predicted molar refractivity (Wildman–Crippen MR) is 124 cm³/mol. The van der Waals surface area contributed by atoms with Crippen LogP contribution < -0.4 is 10.6 Å². The zero-order valence-corrected chi connectivity index (χ0v) is 19.1. The molecule has 0 fully saturated rings. The van der Waals surface area contributed by atoms with E-state index in [9.17, 15) is 4.39 Å². The summed E-state index contributed by atoms with van der Waals surface area (Å²) < 4.78 is 15.4. The van der Waals surface area contributed by atoms with Crippen LogP contribution in [0.25, 0.3) is 5.82 Å². The molecule has 0 unspecified atom stereocenters. The van der Waals surface area contributed by atoms with Gasteiger partial charge >= 0.3 is 0 Å². The molecule has 0 atom stereocenters. The van der Waals surface area contributed by atoms with E-state index in [1.165, 1.54) is 6.07 Å². The fourth-order valence-corrected chi connectivity index (χ4v) is 2.83. The number of halogens is 2. The predicted octanol–water partition coefficient (Wildman–Crippen LogP) is 3.67. The number of rotatable bonds is 6. The van der Waals surface area contributed by atoms with Crippen molar-refractivity contribution in [1.82, 2.24) is 25.2 Å². The van der Waals surface area contributed by atoms with E-state index >= 15 is 0 Å². The lowest BCUT2D eigenvalue weighted by Crippen LogP contribution is -2.43. The van der Waals surface area contributed by atoms with Crippen LogP contribution >= 0.6 is 24.0 Å². The van der Waals surface area contributed by atoms with Gasteiger partial charge in [0.15, 0.2) is 5.96 Å². The average Bonchev–Trinajstić information content (AvgIpc) is 3.23. The van der Waals surface area contributed by atoms with Crippen molar-refractivity contribution >= 4 is 29.9 Å². The summed E-state index contributed by atoms with van der Waals surface area (Å²) in [5, 5.41) is 6.63. The van der Waals surface area contributed by atoms with Crippen molar-refractivity contribution in [2.24, 2.45) is 4.99 Å². The number of pyridine rings is 1. The molecule has 0 amide bonds. The molecule has 154 valence electrons. The van der Waals surface area contributed by atoms with Crippen molar-refractivity contribution in [2.75, 3.05) is 13.6 Å². The zero-order valence-electron chi connectivity index (χ0n) is 16.8. The molecular weight excluding hydrogens is 482 g/mol. The SMILES string of the molecule is CN=C(NCc1ccnc(-n2ccnc2)c1)NCC(C)(C)c1cccc(F)c1.I. The van der Waals surface area contributed by atoms with Crippen molar-refractivity contribution in [3.63, 3.8) is 0 Å². The molecule has 2 N–H and O–H groups in total. The lowest BCUT2D eigenvalue weighted by Gasteiger charge is -2.27. The third-order valence-corrected chi connectivity index (χ3v) is 4.57. The van der Waals surface area contributed by atoms with Gasteiger partial charge in [-0.25, -0.2) is 14.4 Å². The Kier molecular flexibility index (Phi) is 8.12. The summed E-state index contributed by atoms with van der Waals surface area (Å²) in [7, 11) is 1.73. The zero-order chi connectivity index (χ0) is 20.0. The fourth-order valence-electron chi connectivity index (χ4n) is 2.83. The first-order valence-corrected chi connectivity index (χ1v) is 9.12. The number of aromatic nitrogens is 3. The Balaban J connectivity index is 0.00000300. The van der Waals surface area contributed by atoms with E-state index in [1.807, 2.05) is 29.0 Å². The van der Waals surface area contributed by atoms with Crippen molar-refractivity contribution < 1.29 is 4.39 Å². The highest BCUT2D eigenvalue weighted by Crippen LogP contribution is 2.22. The molecule has 29 heavy (non-hydrogen) atoms. The van der Waals surface area contributed by atoms with E-state index in [2.05, 4.69) is 39.4 Å². The Morgan fingerprint density at radius 3 is 2.69 bits per heavy atom. The van der Waals surface area contributed by atoms with Crippen LogP contribution in [0.4, 0.5) is 4.39 Å². The molecule has 2 heterocycles. The molecule has 6 nitrogen and oxygen atoms in total. The Hall–Kier alpha value is -2.49. The van der Waals surface area contributed by atoms with Crippen LogP contribution in [0.2, 0.25) is 0 Å². The molecule has 0 radical (unpaired) electrons. The Morgan fingerprint density at radius 2 is 2.00 bits per heavy atom. The molecule has 0 aliphatic heterocycles. The normalized spacial score (nSPS) is 11.7. The fraction of sp³-hybridized carbons (Fsp3) is 0.286. The highest BCUT2D eigenvalue weighted by atomic mass is 127. The maximum atomic E-state index is 13.5. The second-order valence-corrected chi connectivity index (χ2v) is 7.17. The van der Waals surface area contributed by atoms with Crippen molar-refractivity contribution in [3.05, 3.63) is 78.3 Å². The minimum Gasteiger partial charge on any atom is -0.356 e. The quantitative estimate of drug-likeness (QED) is 0.303. The molecule has 3 rings (SSSR count).